The summed E-state index contributed by atoms with van der Waals surface area (Å²) in [5.74, 6) is 0.715. The molecule has 0 aliphatic heterocycles. The summed E-state index contributed by atoms with van der Waals surface area (Å²) in [6.45, 7) is 0.839. The maximum Gasteiger partial charge on any atom is 0.416 e. The number of fused-ring (bicyclic) bond motifs is 1. The first kappa shape index (κ1) is 25.0. The summed E-state index contributed by atoms with van der Waals surface area (Å²) in [7, 11) is 1.60. The highest BCUT2D eigenvalue weighted by Gasteiger charge is 2.33. The molecule has 0 bridgehead atoms. The van der Waals surface area contributed by atoms with Crippen molar-refractivity contribution in [2.45, 2.75) is 23.6 Å². The van der Waals surface area contributed by atoms with Crippen LogP contribution in [0.3, 0.4) is 0 Å². The molecule has 0 saturated carbocycles. The third-order valence-corrected chi connectivity index (χ3v) is 6.96. The van der Waals surface area contributed by atoms with Crippen LogP contribution in [-0.2, 0) is 23.2 Å². The number of hydrogen-bond donors (Lipinski definition) is 0. The fourth-order valence-electron chi connectivity index (χ4n) is 4.16. The highest BCUT2D eigenvalue weighted by atomic mass is 32.2. The van der Waals surface area contributed by atoms with E-state index < -0.39 is 11.7 Å². The number of pyridine rings is 1. The lowest BCUT2D eigenvalue weighted by Crippen LogP contribution is -2.09. The van der Waals surface area contributed by atoms with Crippen molar-refractivity contribution in [3.63, 3.8) is 0 Å². The summed E-state index contributed by atoms with van der Waals surface area (Å²) in [6.07, 6.45) is -4.42. The monoisotopic (exact) mass is 520 g/mol. The molecule has 5 nitrogen and oxygen atoms in total. The predicted molar refractivity (Wildman–Crippen MR) is 139 cm³/mol. The summed E-state index contributed by atoms with van der Waals surface area (Å²) in [6, 6.07) is 25.3. The summed E-state index contributed by atoms with van der Waals surface area (Å²) in [4.78, 5) is 4.85. The minimum absolute atomic E-state index is 0.104. The van der Waals surface area contributed by atoms with Crippen LogP contribution < -0.4 is 0 Å². The van der Waals surface area contributed by atoms with Crippen LogP contribution in [0.25, 0.3) is 33.5 Å². The van der Waals surface area contributed by atoms with Crippen LogP contribution in [0.4, 0.5) is 13.2 Å². The molecule has 0 radical (unpaired) electrons. The number of aromatic nitrogens is 4. The Bertz CT molecular complexity index is 1520. The second-order valence-corrected chi connectivity index (χ2v) is 9.27. The lowest BCUT2D eigenvalue weighted by molar-refractivity contribution is -0.138. The molecule has 0 saturated heterocycles. The number of benzene rings is 3. The minimum atomic E-state index is -4.42. The van der Waals surface area contributed by atoms with E-state index in [1.54, 1.807) is 13.2 Å². The average Bonchev–Trinajstić information content (AvgIpc) is 3.32. The molecule has 0 atom stereocenters. The first-order valence-corrected chi connectivity index (χ1v) is 12.6. The van der Waals surface area contributed by atoms with E-state index in [4.69, 9.17) is 9.72 Å². The average molecular weight is 521 g/mol. The quantitative estimate of drug-likeness (QED) is 0.204. The summed E-state index contributed by atoms with van der Waals surface area (Å²) >= 11 is 1.22. The van der Waals surface area contributed by atoms with Crippen LogP contribution >= 0.6 is 11.8 Å². The summed E-state index contributed by atoms with van der Waals surface area (Å²) in [5.41, 5.74) is 2.98. The first-order valence-electron chi connectivity index (χ1n) is 11.6. The maximum atomic E-state index is 13.5. The molecule has 0 aliphatic rings. The van der Waals surface area contributed by atoms with E-state index in [-0.39, 0.29) is 11.3 Å². The molecule has 37 heavy (non-hydrogen) atoms. The third-order valence-electron chi connectivity index (χ3n) is 5.94. The van der Waals surface area contributed by atoms with E-state index in [1.165, 1.54) is 23.9 Å². The molecule has 2 aromatic heterocycles. The van der Waals surface area contributed by atoms with Crippen molar-refractivity contribution < 1.29 is 17.9 Å². The standard InChI is InChI=1S/C28H23F3N4OS/c1-36-16-15-35-26(33-34-27(35)37-18-20-11-5-7-13-23(20)28(29,30)31)22-17-25(19-9-3-2-4-10-19)32-24-14-8-6-12-21(22)24/h2-14,17H,15-16,18H2,1H3. The smallest absolute Gasteiger partial charge is 0.383 e. The van der Waals surface area contributed by atoms with Crippen LogP contribution in [0.2, 0.25) is 0 Å². The molecule has 0 N–H and O–H groups in total. The zero-order valence-corrected chi connectivity index (χ0v) is 20.8. The van der Waals surface area contributed by atoms with Crippen molar-refractivity contribution in [3.05, 3.63) is 96.1 Å². The molecule has 188 valence electrons. The number of methoxy groups -OCH3 is 1. The van der Waals surface area contributed by atoms with Gasteiger partial charge in [0.05, 0.1) is 29.9 Å². The highest BCUT2D eigenvalue weighted by Crippen LogP contribution is 2.36. The molecule has 0 amide bonds. The Hall–Kier alpha value is -3.69. The van der Waals surface area contributed by atoms with E-state index in [2.05, 4.69) is 10.2 Å². The Morgan fingerprint density at radius 2 is 1.62 bits per heavy atom. The van der Waals surface area contributed by atoms with Gasteiger partial charge in [-0.2, -0.15) is 13.2 Å². The van der Waals surface area contributed by atoms with Crippen molar-refractivity contribution in [1.82, 2.24) is 19.7 Å². The van der Waals surface area contributed by atoms with Crippen LogP contribution in [0.15, 0.2) is 90.1 Å². The molecule has 0 unspecified atom stereocenters. The van der Waals surface area contributed by atoms with Gasteiger partial charge in [-0.3, -0.25) is 4.57 Å². The van der Waals surface area contributed by atoms with Crippen molar-refractivity contribution in [2.24, 2.45) is 0 Å². The largest absolute Gasteiger partial charge is 0.416 e. The molecule has 5 aromatic rings. The van der Waals surface area contributed by atoms with E-state index in [0.29, 0.717) is 24.1 Å². The number of alkyl halides is 3. The second-order valence-electron chi connectivity index (χ2n) is 8.33. The SMILES string of the molecule is COCCn1c(SCc2ccccc2C(F)(F)F)nnc1-c1cc(-c2ccccc2)nc2ccccc12. The molecular weight excluding hydrogens is 497 g/mol. The Kier molecular flexibility index (Phi) is 7.25. The van der Waals surface area contributed by atoms with Gasteiger partial charge in [0, 0.05) is 29.4 Å². The zero-order valence-electron chi connectivity index (χ0n) is 19.9. The predicted octanol–water partition coefficient (Wildman–Crippen LogP) is 7.12. The molecular formula is C28H23F3N4OS. The van der Waals surface area contributed by atoms with Gasteiger partial charge in [0.1, 0.15) is 0 Å². The van der Waals surface area contributed by atoms with Gasteiger partial charge in [-0.15, -0.1) is 10.2 Å². The van der Waals surface area contributed by atoms with Gasteiger partial charge in [-0.25, -0.2) is 4.98 Å². The first-order chi connectivity index (χ1) is 18.0. The van der Waals surface area contributed by atoms with E-state index >= 15 is 0 Å². The zero-order chi connectivity index (χ0) is 25.8. The van der Waals surface area contributed by atoms with Gasteiger partial charge in [0.2, 0.25) is 0 Å². The number of nitrogens with zero attached hydrogens (tertiary/aromatic N) is 4. The molecule has 3 aromatic carbocycles. The minimum Gasteiger partial charge on any atom is -0.383 e. The van der Waals surface area contributed by atoms with E-state index in [1.807, 2.05) is 65.2 Å². The van der Waals surface area contributed by atoms with Gasteiger partial charge in [0.25, 0.3) is 0 Å². The maximum absolute atomic E-state index is 13.5. The van der Waals surface area contributed by atoms with Crippen LogP contribution in [0, 0.1) is 0 Å². The van der Waals surface area contributed by atoms with Crippen molar-refractivity contribution >= 4 is 22.7 Å². The summed E-state index contributed by atoms with van der Waals surface area (Å²) in [5, 5.41) is 10.3. The van der Waals surface area contributed by atoms with Crippen LogP contribution in [0.5, 0.6) is 0 Å². The molecule has 0 aliphatic carbocycles. The van der Waals surface area contributed by atoms with Gasteiger partial charge < -0.3 is 4.74 Å². The number of thioether (sulfide) groups is 1. The second kappa shape index (κ2) is 10.7. The molecule has 5 rings (SSSR count). The van der Waals surface area contributed by atoms with Gasteiger partial charge >= 0.3 is 6.18 Å². The van der Waals surface area contributed by atoms with E-state index in [9.17, 15) is 13.2 Å². The molecule has 0 fully saturated rings. The lowest BCUT2D eigenvalue weighted by Gasteiger charge is -2.14. The fourth-order valence-corrected chi connectivity index (χ4v) is 5.13. The van der Waals surface area contributed by atoms with Gasteiger partial charge in [-0.05, 0) is 23.8 Å². The van der Waals surface area contributed by atoms with Crippen molar-refractivity contribution in [1.29, 1.82) is 0 Å². The topological polar surface area (TPSA) is 52.8 Å². The third kappa shape index (κ3) is 5.38. The number of halogens is 3. The summed E-state index contributed by atoms with van der Waals surface area (Å²) < 4.78 is 47.7. The van der Waals surface area contributed by atoms with Crippen molar-refractivity contribution in [2.75, 3.05) is 13.7 Å². The number of ether oxygens (including phenoxy) is 1. The van der Waals surface area contributed by atoms with Crippen LogP contribution in [0.1, 0.15) is 11.1 Å². The fraction of sp³-hybridized carbons (Fsp3) is 0.179. The number of hydrogen-bond acceptors (Lipinski definition) is 5. The van der Waals surface area contributed by atoms with E-state index in [0.717, 1.165) is 33.8 Å². The van der Waals surface area contributed by atoms with Gasteiger partial charge in [0.15, 0.2) is 11.0 Å². The van der Waals surface area contributed by atoms with Gasteiger partial charge in [-0.1, -0.05) is 78.5 Å². The number of rotatable bonds is 8. The Morgan fingerprint density at radius 3 is 2.41 bits per heavy atom. The Morgan fingerprint density at radius 1 is 0.892 bits per heavy atom. The number of para-hydroxylation sites is 1. The Balaban J connectivity index is 1.58. The molecule has 2 heterocycles. The lowest BCUT2D eigenvalue weighted by atomic mass is 10.0. The normalized spacial score (nSPS) is 11.8. The Labute approximate surface area is 216 Å². The highest BCUT2D eigenvalue weighted by molar-refractivity contribution is 7.98. The molecule has 9 heteroatoms. The molecule has 0 spiro atoms. The van der Waals surface area contributed by atoms with Crippen molar-refractivity contribution in [3.8, 4) is 22.6 Å². The van der Waals surface area contributed by atoms with Crippen LogP contribution in [-0.4, -0.2) is 33.5 Å².